The second-order valence-electron chi connectivity index (χ2n) is 6.64. The first-order chi connectivity index (χ1) is 12.2. The van der Waals surface area contributed by atoms with Gasteiger partial charge in [0.2, 0.25) is 0 Å². The van der Waals surface area contributed by atoms with Gasteiger partial charge in [0.1, 0.15) is 5.82 Å². The summed E-state index contributed by atoms with van der Waals surface area (Å²) in [6.07, 6.45) is 6.69. The number of nitrogens with one attached hydrogen (secondary N) is 1. The standard InChI is InChI=1S/C19H21N5O/c1-12(2)17-9-14(25-24-17)11-21-19-15-6-3-7-16(15)22-18(23-19)13-5-4-8-20-10-13/h4-5,8-10,12H,3,6-7,11H2,1-2H3,(H,21,22,23). The quantitative estimate of drug-likeness (QED) is 0.765. The van der Waals surface area contributed by atoms with E-state index in [1.807, 2.05) is 18.2 Å². The normalized spacial score (nSPS) is 13.2. The van der Waals surface area contributed by atoms with Gasteiger partial charge in [0.05, 0.1) is 12.2 Å². The lowest BCUT2D eigenvalue weighted by atomic mass is 10.1. The maximum atomic E-state index is 5.42. The molecule has 4 rings (SSSR count). The zero-order valence-corrected chi connectivity index (χ0v) is 14.5. The summed E-state index contributed by atoms with van der Waals surface area (Å²) in [6.45, 7) is 4.77. The van der Waals surface area contributed by atoms with E-state index in [9.17, 15) is 0 Å². The molecule has 0 unspecified atom stereocenters. The fourth-order valence-corrected chi connectivity index (χ4v) is 3.06. The molecular formula is C19H21N5O. The third-order valence-corrected chi connectivity index (χ3v) is 4.45. The molecule has 0 saturated carbocycles. The highest BCUT2D eigenvalue weighted by atomic mass is 16.5. The lowest BCUT2D eigenvalue weighted by Crippen LogP contribution is -2.07. The zero-order valence-electron chi connectivity index (χ0n) is 14.5. The van der Waals surface area contributed by atoms with Crippen LogP contribution in [0.4, 0.5) is 5.82 Å². The smallest absolute Gasteiger partial charge is 0.163 e. The van der Waals surface area contributed by atoms with Gasteiger partial charge in [0.25, 0.3) is 0 Å². The molecule has 0 saturated heterocycles. The molecule has 6 heteroatoms. The molecule has 0 radical (unpaired) electrons. The fourth-order valence-electron chi connectivity index (χ4n) is 3.06. The summed E-state index contributed by atoms with van der Waals surface area (Å²) in [5, 5.41) is 7.53. The number of nitrogens with zero attached hydrogens (tertiary/aromatic N) is 4. The molecule has 3 aromatic rings. The number of anilines is 1. The Morgan fingerprint density at radius 2 is 2.16 bits per heavy atom. The highest BCUT2D eigenvalue weighted by Crippen LogP contribution is 2.29. The number of hydrogen-bond donors (Lipinski definition) is 1. The number of aryl methyl sites for hydroxylation is 1. The minimum absolute atomic E-state index is 0.359. The largest absolute Gasteiger partial charge is 0.362 e. The van der Waals surface area contributed by atoms with Gasteiger partial charge in [-0.2, -0.15) is 0 Å². The first-order valence-electron chi connectivity index (χ1n) is 8.70. The van der Waals surface area contributed by atoms with E-state index in [-0.39, 0.29) is 0 Å². The van der Waals surface area contributed by atoms with Crippen molar-refractivity contribution in [3.63, 3.8) is 0 Å². The summed E-state index contributed by atoms with van der Waals surface area (Å²) in [5.74, 6) is 2.79. The van der Waals surface area contributed by atoms with E-state index in [1.54, 1.807) is 12.4 Å². The molecule has 0 aliphatic heterocycles. The van der Waals surface area contributed by atoms with Crippen molar-refractivity contribution in [1.82, 2.24) is 20.1 Å². The molecule has 0 spiro atoms. The van der Waals surface area contributed by atoms with Crippen LogP contribution in [0.15, 0.2) is 35.1 Å². The summed E-state index contributed by atoms with van der Waals surface area (Å²) in [6, 6.07) is 5.89. The van der Waals surface area contributed by atoms with Crippen molar-refractivity contribution < 1.29 is 4.52 Å². The van der Waals surface area contributed by atoms with Crippen molar-refractivity contribution in [2.75, 3.05) is 5.32 Å². The SMILES string of the molecule is CC(C)c1cc(CNc2nc(-c3cccnc3)nc3c2CCC3)on1. The molecule has 0 atom stereocenters. The number of hydrogen-bond acceptors (Lipinski definition) is 6. The minimum atomic E-state index is 0.359. The number of pyridine rings is 1. The topological polar surface area (TPSA) is 76.7 Å². The Hall–Kier alpha value is -2.76. The van der Waals surface area contributed by atoms with Gasteiger partial charge in [-0.1, -0.05) is 19.0 Å². The van der Waals surface area contributed by atoms with E-state index in [0.717, 1.165) is 53.6 Å². The van der Waals surface area contributed by atoms with Gasteiger partial charge in [-0.3, -0.25) is 4.98 Å². The second kappa shape index (κ2) is 6.63. The summed E-state index contributed by atoms with van der Waals surface area (Å²) in [4.78, 5) is 13.7. The van der Waals surface area contributed by atoms with Gasteiger partial charge < -0.3 is 9.84 Å². The summed E-state index contributed by atoms with van der Waals surface area (Å²) in [5.41, 5.74) is 4.26. The van der Waals surface area contributed by atoms with Crippen LogP contribution >= 0.6 is 0 Å². The molecule has 0 fully saturated rings. The van der Waals surface area contributed by atoms with E-state index >= 15 is 0 Å². The third kappa shape index (κ3) is 3.24. The van der Waals surface area contributed by atoms with Crippen molar-refractivity contribution in [3.05, 3.63) is 53.3 Å². The summed E-state index contributed by atoms with van der Waals surface area (Å²) >= 11 is 0. The van der Waals surface area contributed by atoms with Gasteiger partial charge in [-0.25, -0.2) is 9.97 Å². The zero-order chi connectivity index (χ0) is 17.2. The third-order valence-electron chi connectivity index (χ3n) is 4.45. The van der Waals surface area contributed by atoms with E-state index < -0.39 is 0 Å². The monoisotopic (exact) mass is 335 g/mol. The second-order valence-corrected chi connectivity index (χ2v) is 6.64. The Morgan fingerprint density at radius 3 is 2.92 bits per heavy atom. The van der Waals surface area contributed by atoms with Crippen molar-refractivity contribution in [2.24, 2.45) is 0 Å². The van der Waals surface area contributed by atoms with Crippen molar-refractivity contribution in [3.8, 4) is 11.4 Å². The van der Waals surface area contributed by atoms with Crippen molar-refractivity contribution >= 4 is 5.82 Å². The summed E-state index contributed by atoms with van der Waals surface area (Å²) in [7, 11) is 0. The van der Waals surface area contributed by atoms with E-state index in [1.165, 1.54) is 5.56 Å². The molecule has 1 N–H and O–H groups in total. The highest BCUT2D eigenvalue weighted by molar-refractivity contribution is 5.59. The molecule has 3 heterocycles. The Kier molecular flexibility index (Phi) is 4.17. The molecule has 25 heavy (non-hydrogen) atoms. The molecule has 3 aromatic heterocycles. The summed E-state index contributed by atoms with van der Waals surface area (Å²) < 4.78 is 5.42. The van der Waals surface area contributed by atoms with Gasteiger partial charge in [-0.15, -0.1) is 0 Å². The first-order valence-corrected chi connectivity index (χ1v) is 8.70. The molecule has 1 aliphatic rings. The predicted octanol–water partition coefficient (Wildman–Crippen LogP) is 3.75. The number of fused-ring (bicyclic) bond motifs is 1. The predicted molar refractivity (Wildman–Crippen MR) is 95.2 cm³/mol. The average molecular weight is 335 g/mol. The molecule has 6 nitrogen and oxygen atoms in total. The Labute approximate surface area is 146 Å². The Morgan fingerprint density at radius 1 is 1.24 bits per heavy atom. The van der Waals surface area contributed by atoms with E-state index in [4.69, 9.17) is 14.5 Å². The molecular weight excluding hydrogens is 314 g/mol. The van der Waals surface area contributed by atoms with Crippen LogP contribution in [-0.2, 0) is 19.4 Å². The van der Waals surface area contributed by atoms with Gasteiger partial charge in [-0.05, 0) is 37.3 Å². The average Bonchev–Trinajstić information content (AvgIpc) is 3.29. The maximum Gasteiger partial charge on any atom is 0.163 e. The van der Waals surface area contributed by atoms with Crippen LogP contribution in [0, 0.1) is 0 Å². The van der Waals surface area contributed by atoms with Gasteiger partial charge in [0, 0.05) is 35.3 Å². The van der Waals surface area contributed by atoms with Crippen LogP contribution in [0.1, 0.15) is 48.9 Å². The van der Waals surface area contributed by atoms with Crippen LogP contribution < -0.4 is 5.32 Å². The Balaban J connectivity index is 1.61. The molecule has 1 aliphatic carbocycles. The van der Waals surface area contributed by atoms with E-state index in [0.29, 0.717) is 12.5 Å². The minimum Gasteiger partial charge on any atom is -0.362 e. The lowest BCUT2D eigenvalue weighted by molar-refractivity contribution is 0.379. The van der Waals surface area contributed by atoms with Crippen molar-refractivity contribution in [1.29, 1.82) is 0 Å². The molecule has 0 aromatic carbocycles. The molecule has 0 amide bonds. The van der Waals surface area contributed by atoms with Crippen LogP contribution in [-0.4, -0.2) is 20.1 Å². The highest BCUT2D eigenvalue weighted by Gasteiger charge is 2.20. The maximum absolute atomic E-state index is 5.42. The lowest BCUT2D eigenvalue weighted by Gasteiger charge is -2.11. The molecule has 128 valence electrons. The van der Waals surface area contributed by atoms with Crippen LogP contribution in [0.3, 0.4) is 0 Å². The van der Waals surface area contributed by atoms with Crippen LogP contribution in [0.5, 0.6) is 0 Å². The molecule has 0 bridgehead atoms. The number of rotatable bonds is 5. The number of aromatic nitrogens is 4. The van der Waals surface area contributed by atoms with Crippen molar-refractivity contribution in [2.45, 2.75) is 45.6 Å². The van der Waals surface area contributed by atoms with E-state index in [2.05, 4.69) is 29.3 Å². The fraction of sp³-hybridized carbons (Fsp3) is 0.368. The van der Waals surface area contributed by atoms with Gasteiger partial charge >= 0.3 is 0 Å². The van der Waals surface area contributed by atoms with Crippen LogP contribution in [0.25, 0.3) is 11.4 Å². The van der Waals surface area contributed by atoms with Crippen LogP contribution in [0.2, 0.25) is 0 Å². The van der Waals surface area contributed by atoms with Gasteiger partial charge in [0.15, 0.2) is 11.6 Å². The Bertz CT molecular complexity index is 873. The first kappa shape index (κ1) is 15.7.